The SMILES string of the molecule is CC(NC(=O)c1c(Cl)ccc(S(=O)(=O)Cl)c1Cl)C(C)(C)C. The van der Waals surface area contributed by atoms with Crippen LogP contribution in [0.4, 0.5) is 0 Å². The van der Waals surface area contributed by atoms with Crippen molar-refractivity contribution in [3.05, 3.63) is 27.7 Å². The highest BCUT2D eigenvalue weighted by atomic mass is 35.7. The fourth-order valence-electron chi connectivity index (χ4n) is 1.42. The van der Waals surface area contributed by atoms with Gasteiger partial charge in [-0.3, -0.25) is 4.79 Å². The molecule has 1 amide bonds. The zero-order chi connectivity index (χ0) is 16.6. The number of carbonyl (C=O) groups excluding carboxylic acids is 1. The van der Waals surface area contributed by atoms with Crippen LogP contribution in [0.1, 0.15) is 38.1 Å². The lowest BCUT2D eigenvalue weighted by atomic mass is 9.88. The third kappa shape index (κ3) is 4.49. The molecule has 0 aromatic heterocycles. The fraction of sp³-hybridized carbons (Fsp3) is 0.462. The average Bonchev–Trinajstić information content (AvgIpc) is 2.25. The van der Waals surface area contributed by atoms with Gasteiger partial charge in [0.2, 0.25) is 0 Å². The van der Waals surface area contributed by atoms with Crippen LogP contribution in [-0.4, -0.2) is 20.4 Å². The van der Waals surface area contributed by atoms with Gasteiger partial charge in [-0.1, -0.05) is 44.0 Å². The summed E-state index contributed by atoms with van der Waals surface area (Å²) in [5, 5.41) is 2.53. The number of carbonyl (C=O) groups is 1. The minimum absolute atomic E-state index is 0.0580. The van der Waals surface area contributed by atoms with E-state index in [1.54, 1.807) is 0 Å². The Labute approximate surface area is 139 Å². The number of nitrogens with one attached hydrogen (secondary N) is 1. The summed E-state index contributed by atoms with van der Waals surface area (Å²) in [7, 11) is 1.22. The summed E-state index contributed by atoms with van der Waals surface area (Å²) in [6.07, 6.45) is 0. The van der Waals surface area contributed by atoms with Crippen LogP contribution in [0, 0.1) is 5.41 Å². The highest BCUT2D eigenvalue weighted by molar-refractivity contribution is 8.13. The van der Waals surface area contributed by atoms with E-state index in [2.05, 4.69) is 5.32 Å². The van der Waals surface area contributed by atoms with Gasteiger partial charge in [0.15, 0.2) is 0 Å². The van der Waals surface area contributed by atoms with Gasteiger partial charge in [0.25, 0.3) is 15.0 Å². The first-order chi connectivity index (χ1) is 9.35. The van der Waals surface area contributed by atoms with E-state index >= 15 is 0 Å². The highest BCUT2D eigenvalue weighted by Crippen LogP contribution is 2.33. The molecule has 0 aliphatic carbocycles. The second kappa shape index (κ2) is 6.32. The minimum Gasteiger partial charge on any atom is -0.349 e. The van der Waals surface area contributed by atoms with E-state index in [1.807, 2.05) is 27.7 Å². The molecule has 21 heavy (non-hydrogen) atoms. The van der Waals surface area contributed by atoms with Crippen LogP contribution in [0.25, 0.3) is 0 Å². The van der Waals surface area contributed by atoms with Gasteiger partial charge in [-0.2, -0.15) is 0 Å². The van der Waals surface area contributed by atoms with Crippen molar-refractivity contribution in [1.82, 2.24) is 5.32 Å². The summed E-state index contributed by atoms with van der Waals surface area (Å²) in [5.74, 6) is -0.547. The Morgan fingerprint density at radius 1 is 1.24 bits per heavy atom. The van der Waals surface area contributed by atoms with E-state index in [0.717, 1.165) is 6.07 Å². The van der Waals surface area contributed by atoms with Crippen molar-refractivity contribution in [2.24, 2.45) is 5.41 Å². The van der Waals surface area contributed by atoms with Crippen LogP contribution >= 0.6 is 33.9 Å². The topological polar surface area (TPSA) is 63.2 Å². The van der Waals surface area contributed by atoms with Crippen LogP contribution in [0.15, 0.2) is 17.0 Å². The molecule has 1 rings (SSSR count). The lowest BCUT2D eigenvalue weighted by Gasteiger charge is -2.28. The number of benzene rings is 1. The first kappa shape index (κ1) is 18.6. The molecule has 0 spiro atoms. The summed E-state index contributed by atoms with van der Waals surface area (Å²) >= 11 is 11.9. The quantitative estimate of drug-likeness (QED) is 0.813. The Balaban J connectivity index is 3.28. The number of amides is 1. The Morgan fingerprint density at radius 3 is 2.19 bits per heavy atom. The lowest BCUT2D eigenvalue weighted by Crippen LogP contribution is -2.41. The molecule has 1 atom stereocenters. The standard InChI is InChI=1S/C13H16Cl3NO3S/c1-7(13(2,3)4)17-12(18)10-8(14)5-6-9(11(10)15)21(16,19)20/h5-7H,1-4H3,(H,17,18). The monoisotopic (exact) mass is 371 g/mol. The van der Waals surface area contributed by atoms with Crippen LogP contribution < -0.4 is 5.32 Å². The molecule has 1 unspecified atom stereocenters. The maximum absolute atomic E-state index is 12.3. The number of hydrogen-bond donors (Lipinski definition) is 1. The van der Waals surface area contributed by atoms with Crippen LogP contribution in [0.5, 0.6) is 0 Å². The predicted molar refractivity (Wildman–Crippen MR) is 85.9 cm³/mol. The minimum atomic E-state index is -4.06. The Hall–Kier alpha value is -0.490. The molecule has 0 aliphatic rings. The third-order valence-corrected chi connectivity index (χ3v) is 5.38. The second-order valence-electron chi connectivity index (χ2n) is 5.73. The Kier molecular flexibility index (Phi) is 5.59. The van der Waals surface area contributed by atoms with E-state index in [4.69, 9.17) is 33.9 Å². The Bertz CT molecular complexity index is 666. The molecule has 0 radical (unpaired) electrons. The summed E-state index contributed by atoms with van der Waals surface area (Å²) < 4.78 is 22.9. The van der Waals surface area contributed by atoms with Gasteiger partial charge >= 0.3 is 0 Å². The summed E-state index contributed by atoms with van der Waals surface area (Å²) in [6.45, 7) is 7.71. The predicted octanol–water partition coefficient (Wildman–Crippen LogP) is 4.09. The maximum atomic E-state index is 12.3. The maximum Gasteiger partial charge on any atom is 0.262 e. The van der Waals surface area contributed by atoms with Crippen molar-refractivity contribution < 1.29 is 13.2 Å². The summed E-state index contributed by atoms with van der Waals surface area (Å²) in [4.78, 5) is 12.0. The second-order valence-corrected chi connectivity index (χ2v) is 9.05. The molecular formula is C13H16Cl3NO3S. The highest BCUT2D eigenvalue weighted by Gasteiger charge is 2.27. The molecule has 1 aromatic rings. The number of rotatable bonds is 3. The van der Waals surface area contributed by atoms with Crippen molar-refractivity contribution in [3.8, 4) is 0 Å². The zero-order valence-corrected chi connectivity index (χ0v) is 15.1. The molecule has 0 aliphatic heterocycles. The van der Waals surface area contributed by atoms with Gasteiger partial charge in [0.05, 0.1) is 15.6 Å². The van der Waals surface area contributed by atoms with Crippen LogP contribution in [-0.2, 0) is 9.05 Å². The molecule has 8 heteroatoms. The molecule has 0 fully saturated rings. The van der Waals surface area contributed by atoms with Crippen LogP contribution in [0.2, 0.25) is 10.0 Å². The lowest BCUT2D eigenvalue weighted by molar-refractivity contribution is 0.0910. The zero-order valence-electron chi connectivity index (χ0n) is 12.0. The molecular weight excluding hydrogens is 357 g/mol. The first-order valence-corrected chi connectivity index (χ1v) is 9.15. The first-order valence-electron chi connectivity index (χ1n) is 6.09. The molecule has 0 heterocycles. The van der Waals surface area contributed by atoms with E-state index in [-0.39, 0.29) is 32.0 Å². The summed E-state index contributed by atoms with van der Waals surface area (Å²) in [5.41, 5.74) is -0.277. The fourth-order valence-corrected chi connectivity index (χ4v) is 3.31. The van der Waals surface area contributed by atoms with E-state index in [9.17, 15) is 13.2 Å². The molecule has 0 bridgehead atoms. The molecule has 4 nitrogen and oxygen atoms in total. The number of halogens is 3. The molecule has 1 N–H and O–H groups in total. The van der Waals surface area contributed by atoms with Crippen molar-refractivity contribution in [3.63, 3.8) is 0 Å². The van der Waals surface area contributed by atoms with E-state index in [1.165, 1.54) is 6.07 Å². The van der Waals surface area contributed by atoms with Crippen molar-refractivity contribution in [1.29, 1.82) is 0 Å². The average molecular weight is 373 g/mol. The molecule has 0 saturated heterocycles. The van der Waals surface area contributed by atoms with Crippen molar-refractivity contribution in [2.75, 3.05) is 0 Å². The normalized spacial score (nSPS) is 13.9. The van der Waals surface area contributed by atoms with Crippen molar-refractivity contribution in [2.45, 2.75) is 38.6 Å². The van der Waals surface area contributed by atoms with Crippen LogP contribution in [0.3, 0.4) is 0 Å². The van der Waals surface area contributed by atoms with Gasteiger partial charge in [-0.15, -0.1) is 0 Å². The van der Waals surface area contributed by atoms with Gasteiger partial charge in [0.1, 0.15) is 4.90 Å². The molecule has 0 saturated carbocycles. The van der Waals surface area contributed by atoms with E-state index in [0.29, 0.717) is 0 Å². The largest absolute Gasteiger partial charge is 0.349 e. The summed E-state index contributed by atoms with van der Waals surface area (Å²) in [6, 6.07) is 2.27. The molecule has 118 valence electrons. The van der Waals surface area contributed by atoms with Gasteiger partial charge < -0.3 is 5.32 Å². The third-order valence-electron chi connectivity index (χ3n) is 3.19. The van der Waals surface area contributed by atoms with Gasteiger partial charge in [0, 0.05) is 16.7 Å². The number of hydrogen-bond acceptors (Lipinski definition) is 3. The Morgan fingerprint density at radius 2 is 1.76 bits per heavy atom. The van der Waals surface area contributed by atoms with E-state index < -0.39 is 15.0 Å². The smallest absolute Gasteiger partial charge is 0.262 e. The van der Waals surface area contributed by atoms with Gasteiger partial charge in [-0.05, 0) is 24.5 Å². The molecule has 1 aromatic carbocycles. The van der Waals surface area contributed by atoms with Gasteiger partial charge in [-0.25, -0.2) is 8.42 Å². The van der Waals surface area contributed by atoms with Crippen molar-refractivity contribution >= 4 is 48.8 Å².